The lowest BCUT2D eigenvalue weighted by atomic mass is 10.2. The van der Waals surface area contributed by atoms with Crippen molar-refractivity contribution in [3.8, 4) is 23.2 Å². The molecule has 0 unspecified atom stereocenters. The van der Waals surface area contributed by atoms with Gasteiger partial charge in [-0.25, -0.2) is 0 Å². The van der Waals surface area contributed by atoms with Crippen LogP contribution in [0.5, 0.6) is 17.5 Å². The molecular formula is C25H25ClN6O3. The van der Waals surface area contributed by atoms with Crippen molar-refractivity contribution >= 4 is 23.0 Å². The van der Waals surface area contributed by atoms with E-state index in [1.54, 1.807) is 7.11 Å². The van der Waals surface area contributed by atoms with Gasteiger partial charge in [-0.1, -0.05) is 41.0 Å². The Hall–Kier alpha value is -3.82. The van der Waals surface area contributed by atoms with Gasteiger partial charge in [-0.2, -0.15) is 4.68 Å². The third-order valence-corrected chi connectivity index (χ3v) is 5.97. The normalized spacial score (nSPS) is 13.5. The monoisotopic (exact) mass is 492 g/mol. The van der Waals surface area contributed by atoms with Gasteiger partial charge in [0.05, 0.1) is 36.7 Å². The van der Waals surface area contributed by atoms with E-state index in [1.165, 1.54) is 4.68 Å². The Kier molecular flexibility index (Phi) is 6.97. The molecule has 1 fully saturated rings. The van der Waals surface area contributed by atoms with Crippen LogP contribution in [0.2, 0.25) is 5.02 Å². The minimum atomic E-state index is 0.246. The molecule has 0 atom stereocenters. The van der Waals surface area contributed by atoms with E-state index in [4.69, 9.17) is 25.8 Å². The van der Waals surface area contributed by atoms with Crippen LogP contribution < -0.4 is 19.7 Å². The number of tetrazole rings is 1. The molecule has 1 N–H and O–H groups in total. The molecule has 0 bridgehead atoms. The summed E-state index contributed by atoms with van der Waals surface area (Å²) in [4.78, 5) is 2.24. The zero-order valence-electron chi connectivity index (χ0n) is 19.2. The maximum absolute atomic E-state index is 6.56. The lowest BCUT2D eigenvalue weighted by Gasteiger charge is -2.29. The highest BCUT2D eigenvalue weighted by atomic mass is 35.5. The van der Waals surface area contributed by atoms with E-state index in [0.717, 1.165) is 54.0 Å². The first-order valence-corrected chi connectivity index (χ1v) is 11.6. The van der Waals surface area contributed by atoms with E-state index in [1.807, 2.05) is 66.7 Å². The molecule has 10 heteroatoms. The van der Waals surface area contributed by atoms with Crippen LogP contribution in [0.1, 0.15) is 5.56 Å². The summed E-state index contributed by atoms with van der Waals surface area (Å²) in [5.74, 6) is 1.09. The van der Waals surface area contributed by atoms with E-state index >= 15 is 0 Å². The summed E-state index contributed by atoms with van der Waals surface area (Å²) in [5.41, 5.74) is 3.78. The predicted octanol–water partition coefficient (Wildman–Crippen LogP) is 4.57. The molecule has 0 spiro atoms. The van der Waals surface area contributed by atoms with Crippen LogP contribution in [-0.2, 0) is 11.3 Å². The van der Waals surface area contributed by atoms with Crippen molar-refractivity contribution in [3.63, 3.8) is 0 Å². The number of nitrogens with zero attached hydrogens (tertiary/aromatic N) is 5. The van der Waals surface area contributed by atoms with E-state index < -0.39 is 0 Å². The molecule has 0 aliphatic carbocycles. The Morgan fingerprint density at radius 3 is 2.60 bits per heavy atom. The van der Waals surface area contributed by atoms with E-state index in [0.29, 0.717) is 18.0 Å². The number of morpholine rings is 1. The molecule has 180 valence electrons. The van der Waals surface area contributed by atoms with Gasteiger partial charge in [-0.15, -0.1) is 0 Å². The molecule has 9 nitrogen and oxygen atoms in total. The highest BCUT2D eigenvalue weighted by molar-refractivity contribution is 6.33. The Bertz CT molecular complexity index is 1280. The number of methoxy groups -OCH3 is 1. The van der Waals surface area contributed by atoms with Crippen molar-refractivity contribution in [1.29, 1.82) is 0 Å². The van der Waals surface area contributed by atoms with Gasteiger partial charge in [0.25, 0.3) is 0 Å². The van der Waals surface area contributed by atoms with Gasteiger partial charge in [-0.05, 0) is 58.5 Å². The summed E-state index contributed by atoms with van der Waals surface area (Å²) in [6, 6.07) is 21.5. The van der Waals surface area contributed by atoms with Gasteiger partial charge < -0.3 is 24.4 Å². The van der Waals surface area contributed by atoms with Crippen LogP contribution >= 0.6 is 11.6 Å². The van der Waals surface area contributed by atoms with Gasteiger partial charge >= 0.3 is 6.01 Å². The highest BCUT2D eigenvalue weighted by Gasteiger charge is 2.16. The number of rotatable bonds is 8. The second-order valence-electron chi connectivity index (χ2n) is 7.92. The number of hydrogen-bond donors (Lipinski definition) is 1. The number of nitrogens with one attached hydrogen (secondary N) is 1. The zero-order valence-corrected chi connectivity index (χ0v) is 20.0. The Balaban J connectivity index is 1.26. The van der Waals surface area contributed by atoms with Crippen molar-refractivity contribution in [2.45, 2.75) is 6.54 Å². The summed E-state index contributed by atoms with van der Waals surface area (Å²) in [6.07, 6.45) is 0. The van der Waals surface area contributed by atoms with Crippen molar-refractivity contribution < 1.29 is 14.2 Å². The fourth-order valence-electron chi connectivity index (χ4n) is 3.86. The second kappa shape index (κ2) is 10.6. The number of aromatic nitrogens is 4. The fourth-order valence-corrected chi connectivity index (χ4v) is 4.16. The molecule has 0 amide bonds. The summed E-state index contributed by atoms with van der Waals surface area (Å²) < 4.78 is 18.5. The SMILES string of the molecule is COc1cc(CNc2ccc(N3CCOCC3)c(Cl)c2)ccc1Oc1nnnn1-c1ccccc1. The fraction of sp³-hybridized carbons (Fsp3) is 0.240. The lowest BCUT2D eigenvalue weighted by molar-refractivity contribution is 0.122. The van der Waals surface area contributed by atoms with Crippen molar-refractivity contribution in [2.75, 3.05) is 43.6 Å². The van der Waals surface area contributed by atoms with Gasteiger partial charge in [-0.3, -0.25) is 0 Å². The van der Waals surface area contributed by atoms with Gasteiger partial charge in [0, 0.05) is 25.3 Å². The largest absolute Gasteiger partial charge is 0.493 e. The van der Waals surface area contributed by atoms with E-state index in [2.05, 4.69) is 25.7 Å². The molecule has 5 rings (SSSR count). The summed E-state index contributed by atoms with van der Waals surface area (Å²) in [6.45, 7) is 3.72. The van der Waals surface area contributed by atoms with Crippen molar-refractivity contribution in [2.24, 2.45) is 0 Å². The molecule has 0 radical (unpaired) electrons. The first kappa shape index (κ1) is 22.9. The smallest absolute Gasteiger partial charge is 0.346 e. The molecule has 1 aliphatic rings. The van der Waals surface area contributed by atoms with Gasteiger partial charge in [0.1, 0.15) is 0 Å². The summed E-state index contributed by atoms with van der Waals surface area (Å²) in [5, 5.41) is 15.9. The predicted molar refractivity (Wildman–Crippen MR) is 134 cm³/mol. The average Bonchev–Trinajstić information content (AvgIpc) is 3.37. The topological polar surface area (TPSA) is 86.6 Å². The van der Waals surface area contributed by atoms with Crippen molar-refractivity contribution in [3.05, 3.63) is 77.3 Å². The maximum Gasteiger partial charge on any atom is 0.346 e. The summed E-state index contributed by atoms with van der Waals surface area (Å²) >= 11 is 6.56. The number of para-hydroxylation sites is 1. The molecular weight excluding hydrogens is 468 g/mol. The quantitative estimate of drug-likeness (QED) is 0.383. The third kappa shape index (κ3) is 5.31. The molecule has 1 aliphatic heterocycles. The molecule has 4 aromatic rings. The number of benzene rings is 3. The number of anilines is 2. The van der Waals surface area contributed by atoms with Crippen molar-refractivity contribution in [1.82, 2.24) is 20.2 Å². The maximum atomic E-state index is 6.56. The van der Waals surface area contributed by atoms with Gasteiger partial charge in [0.2, 0.25) is 0 Å². The Morgan fingerprint density at radius 2 is 1.83 bits per heavy atom. The lowest BCUT2D eigenvalue weighted by Crippen LogP contribution is -2.36. The van der Waals surface area contributed by atoms with Crippen LogP contribution in [0.4, 0.5) is 11.4 Å². The highest BCUT2D eigenvalue weighted by Crippen LogP contribution is 2.33. The average molecular weight is 493 g/mol. The second-order valence-corrected chi connectivity index (χ2v) is 8.32. The third-order valence-electron chi connectivity index (χ3n) is 5.67. The van der Waals surface area contributed by atoms with Crippen LogP contribution in [-0.4, -0.2) is 53.6 Å². The Labute approximate surface area is 208 Å². The molecule has 1 saturated heterocycles. The van der Waals surface area contributed by atoms with E-state index in [-0.39, 0.29) is 6.01 Å². The number of hydrogen-bond acceptors (Lipinski definition) is 8. The van der Waals surface area contributed by atoms with Crippen LogP contribution in [0, 0.1) is 0 Å². The summed E-state index contributed by atoms with van der Waals surface area (Å²) in [7, 11) is 1.60. The minimum absolute atomic E-state index is 0.246. The van der Waals surface area contributed by atoms with Crippen LogP contribution in [0.15, 0.2) is 66.7 Å². The number of ether oxygens (including phenoxy) is 3. The van der Waals surface area contributed by atoms with E-state index in [9.17, 15) is 0 Å². The van der Waals surface area contributed by atoms with Crippen LogP contribution in [0.25, 0.3) is 5.69 Å². The first-order valence-electron chi connectivity index (χ1n) is 11.3. The molecule has 2 heterocycles. The van der Waals surface area contributed by atoms with Crippen LogP contribution in [0.3, 0.4) is 0 Å². The molecule has 1 aromatic heterocycles. The van der Waals surface area contributed by atoms with Gasteiger partial charge in [0.15, 0.2) is 11.5 Å². The number of halogens is 1. The molecule has 0 saturated carbocycles. The molecule has 3 aromatic carbocycles. The zero-order chi connectivity index (χ0) is 24.0. The minimum Gasteiger partial charge on any atom is -0.493 e. The molecule has 35 heavy (non-hydrogen) atoms. The Morgan fingerprint density at radius 1 is 1.00 bits per heavy atom. The first-order chi connectivity index (χ1) is 17.2. The standard InChI is InChI=1S/C25H25ClN6O3/c1-33-24-15-18(17-27-19-8-9-22(21(26)16-19)31-11-13-34-14-12-31)7-10-23(24)35-25-28-29-30-32(25)20-5-3-2-4-6-20/h2-10,15-16,27H,11-14,17H2,1H3.